The maximum absolute atomic E-state index is 12.6. The smallest absolute Gasteiger partial charge is 0.237 e. The first-order valence-corrected chi connectivity index (χ1v) is 9.37. The molecule has 2 aromatic carbocycles. The minimum atomic E-state index is -0.275. The van der Waals surface area contributed by atoms with Gasteiger partial charge in [0, 0.05) is 23.2 Å². The molecule has 0 aliphatic rings. The van der Waals surface area contributed by atoms with E-state index >= 15 is 0 Å². The van der Waals surface area contributed by atoms with Crippen LogP contribution in [0.25, 0.3) is 0 Å². The monoisotopic (exact) mass is 392 g/mol. The van der Waals surface area contributed by atoms with Gasteiger partial charge in [0.1, 0.15) is 5.75 Å². The van der Waals surface area contributed by atoms with Gasteiger partial charge in [0.2, 0.25) is 11.8 Å². The van der Waals surface area contributed by atoms with Crippen LogP contribution in [0.3, 0.4) is 0 Å². The second-order valence-electron chi connectivity index (χ2n) is 5.56. The van der Waals surface area contributed by atoms with Crippen LogP contribution in [-0.2, 0) is 9.59 Å². The number of hydrogen-bond donors (Lipinski definition) is 2. The fourth-order valence-electron chi connectivity index (χ4n) is 2.30. The summed E-state index contributed by atoms with van der Waals surface area (Å²) in [5, 5.41) is 5.79. The minimum absolute atomic E-state index is 0.108. The van der Waals surface area contributed by atoms with Crippen molar-refractivity contribution in [2.24, 2.45) is 0 Å². The normalized spacial score (nSPS) is 11.5. The molecule has 0 heterocycles. The molecule has 2 rings (SSSR count). The number of ether oxygens (including phenoxy) is 1. The largest absolute Gasteiger partial charge is 0.495 e. The number of thioether (sulfide) groups is 1. The number of hydrogen-bond acceptors (Lipinski definition) is 4. The maximum Gasteiger partial charge on any atom is 0.237 e. The van der Waals surface area contributed by atoms with Gasteiger partial charge >= 0.3 is 0 Å². The highest BCUT2D eigenvalue weighted by molar-refractivity contribution is 8.00. The van der Waals surface area contributed by atoms with Crippen LogP contribution in [0.4, 0.5) is 11.4 Å². The van der Waals surface area contributed by atoms with Crippen molar-refractivity contribution in [2.75, 3.05) is 17.7 Å². The number of methoxy groups -OCH3 is 1. The summed E-state index contributed by atoms with van der Waals surface area (Å²) in [6, 6.07) is 12.5. The van der Waals surface area contributed by atoms with Crippen LogP contribution in [0.2, 0.25) is 5.02 Å². The van der Waals surface area contributed by atoms with Crippen molar-refractivity contribution in [3.05, 3.63) is 47.5 Å². The van der Waals surface area contributed by atoms with Gasteiger partial charge in [0.05, 0.1) is 17.4 Å². The molecule has 0 aliphatic heterocycles. The van der Waals surface area contributed by atoms with Crippen molar-refractivity contribution < 1.29 is 14.3 Å². The second kappa shape index (κ2) is 9.50. The van der Waals surface area contributed by atoms with Gasteiger partial charge < -0.3 is 15.4 Å². The van der Waals surface area contributed by atoms with Crippen LogP contribution in [-0.4, -0.2) is 24.2 Å². The molecule has 5 nitrogen and oxygen atoms in total. The number of rotatable bonds is 7. The zero-order chi connectivity index (χ0) is 19.1. The fraction of sp³-hybridized carbons (Fsp3) is 0.263. The standard InChI is InChI=1S/C19H21ClN2O3S/c1-4-18(26-15-7-5-6-13(10-15)21-12(2)23)19(24)22-14-8-9-17(25-3)16(20)11-14/h5-11,18H,4H2,1-3H3,(H,21,23)(H,22,24). The summed E-state index contributed by atoms with van der Waals surface area (Å²) in [6.45, 7) is 3.41. The van der Waals surface area contributed by atoms with Gasteiger partial charge in [0.25, 0.3) is 0 Å². The van der Waals surface area contributed by atoms with Crippen LogP contribution < -0.4 is 15.4 Å². The van der Waals surface area contributed by atoms with Crippen molar-refractivity contribution in [3.8, 4) is 5.75 Å². The van der Waals surface area contributed by atoms with E-state index in [0.29, 0.717) is 28.6 Å². The minimum Gasteiger partial charge on any atom is -0.495 e. The molecule has 26 heavy (non-hydrogen) atoms. The highest BCUT2D eigenvalue weighted by atomic mass is 35.5. The molecule has 0 aliphatic carbocycles. The molecule has 1 unspecified atom stereocenters. The molecule has 1 atom stereocenters. The Kier molecular flexibility index (Phi) is 7.36. The summed E-state index contributed by atoms with van der Waals surface area (Å²) >= 11 is 7.55. The molecule has 7 heteroatoms. The number of halogens is 1. The molecule has 2 amide bonds. The predicted molar refractivity (Wildman–Crippen MR) is 107 cm³/mol. The number of carbonyl (C=O) groups excluding carboxylic acids is 2. The van der Waals surface area contributed by atoms with E-state index in [1.807, 2.05) is 31.2 Å². The molecular formula is C19H21ClN2O3S. The van der Waals surface area contributed by atoms with Gasteiger partial charge in [-0.3, -0.25) is 9.59 Å². The zero-order valence-electron chi connectivity index (χ0n) is 14.8. The van der Waals surface area contributed by atoms with E-state index in [4.69, 9.17) is 16.3 Å². The van der Waals surface area contributed by atoms with Crippen LogP contribution >= 0.6 is 23.4 Å². The van der Waals surface area contributed by atoms with E-state index in [1.165, 1.54) is 25.8 Å². The summed E-state index contributed by atoms with van der Waals surface area (Å²) in [5.41, 5.74) is 1.33. The lowest BCUT2D eigenvalue weighted by Gasteiger charge is -2.16. The lowest BCUT2D eigenvalue weighted by molar-refractivity contribution is -0.116. The van der Waals surface area contributed by atoms with E-state index in [1.54, 1.807) is 18.2 Å². The van der Waals surface area contributed by atoms with E-state index in [2.05, 4.69) is 10.6 Å². The third-order valence-corrected chi connectivity index (χ3v) is 5.17. The third kappa shape index (κ3) is 5.68. The first-order chi connectivity index (χ1) is 12.4. The fourth-order valence-corrected chi connectivity index (χ4v) is 3.57. The number of benzene rings is 2. The van der Waals surface area contributed by atoms with Gasteiger partial charge in [-0.05, 0) is 42.8 Å². The number of nitrogens with one attached hydrogen (secondary N) is 2. The van der Waals surface area contributed by atoms with Crippen molar-refractivity contribution >= 4 is 46.6 Å². The molecule has 0 aromatic heterocycles. The van der Waals surface area contributed by atoms with Crippen molar-refractivity contribution in [3.63, 3.8) is 0 Å². The molecule has 2 aromatic rings. The van der Waals surface area contributed by atoms with Gasteiger partial charge in [-0.1, -0.05) is 24.6 Å². The molecule has 0 spiro atoms. The van der Waals surface area contributed by atoms with Gasteiger partial charge in [-0.2, -0.15) is 0 Å². The van der Waals surface area contributed by atoms with E-state index in [9.17, 15) is 9.59 Å². The lowest BCUT2D eigenvalue weighted by atomic mass is 10.2. The Hall–Kier alpha value is -2.18. The Labute approximate surface area is 162 Å². The average Bonchev–Trinajstić information content (AvgIpc) is 2.59. The topological polar surface area (TPSA) is 67.4 Å². The van der Waals surface area contributed by atoms with Crippen LogP contribution in [0.15, 0.2) is 47.4 Å². The summed E-state index contributed by atoms with van der Waals surface area (Å²) in [5.74, 6) is 0.317. The van der Waals surface area contributed by atoms with Crippen molar-refractivity contribution in [2.45, 2.75) is 30.4 Å². The first-order valence-electron chi connectivity index (χ1n) is 8.11. The third-order valence-electron chi connectivity index (χ3n) is 3.52. The molecule has 0 bridgehead atoms. The van der Waals surface area contributed by atoms with E-state index in [-0.39, 0.29) is 17.1 Å². The quantitative estimate of drug-likeness (QED) is 0.663. The predicted octanol–water partition coefficient (Wildman–Crippen LogP) is 4.82. The summed E-state index contributed by atoms with van der Waals surface area (Å²) in [4.78, 5) is 24.7. The Morgan fingerprint density at radius 3 is 2.50 bits per heavy atom. The van der Waals surface area contributed by atoms with Gasteiger partial charge in [-0.15, -0.1) is 11.8 Å². The van der Waals surface area contributed by atoms with Crippen LogP contribution in [0, 0.1) is 0 Å². The summed E-state index contributed by atoms with van der Waals surface area (Å²) < 4.78 is 5.11. The summed E-state index contributed by atoms with van der Waals surface area (Å²) in [7, 11) is 1.54. The van der Waals surface area contributed by atoms with E-state index < -0.39 is 0 Å². The van der Waals surface area contributed by atoms with Crippen molar-refractivity contribution in [1.82, 2.24) is 0 Å². The lowest BCUT2D eigenvalue weighted by Crippen LogP contribution is -2.24. The van der Waals surface area contributed by atoms with Crippen molar-refractivity contribution in [1.29, 1.82) is 0 Å². The van der Waals surface area contributed by atoms with Crippen LogP contribution in [0.5, 0.6) is 5.75 Å². The van der Waals surface area contributed by atoms with Crippen LogP contribution in [0.1, 0.15) is 20.3 Å². The molecular weight excluding hydrogens is 372 g/mol. The molecule has 0 saturated carbocycles. The Bertz CT molecular complexity index is 798. The molecule has 0 radical (unpaired) electrons. The number of carbonyl (C=O) groups is 2. The highest BCUT2D eigenvalue weighted by Crippen LogP contribution is 2.30. The first kappa shape index (κ1) is 20.1. The Morgan fingerprint density at radius 1 is 1.15 bits per heavy atom. The van der Waals surface area contributed by atoms with Gasteiger partial charge in [-0.25, -0.2) is 0 Å². The number of anilines is 2. The van der Waals surface area contributed by atoms with E-state index in [0.717, 1.165) is 4.90 Å². The Balaban J connectivity index is 2.07. The summed E-state index contributed by atoms with van der Waals surface area (Å²) in [6.07, 6.45) is 0.657. The maximum atomic E-state index is 12.6. The molecule has 2 N–H and O–H groups in total. The van der Waals surface area contributed by atoms with Gasteiger partial charge in [0.15, 0.2) is 0 Å². The molecule has 0 fully saturated rings. The average molecular weight is 393 g/mol. The number of amides is 2. The second-order valence-corrected chi connectivity index (χ2v) is 7.25. The Morgan fingerprint density at radius 2 is 1.88 bits per heavy atom. The SMILES string of the molecule is CCC(Sc1cccc(NC(C)=O)c1)C(=O)Nc1ccc(OC)c(Cl)c1. The zero-order valence-corrected chi connectivity index (χ0v) is 16.4. The molecule has 138 valence electrons. The highest BCUT2D eigenvalue weighted by Gasteiger charge is 2.18. The molecule has 0 saturated heterocycles.